The van der Waals surface area contributed by atoms with Crippen LogP contribution in [-0.2, 0) is 19.7 Å². The molecule has 1 aromatic rings. The first kappa shape index (κ1) is 22.2. The summed E-state index contributed by atoms with van der Waals surface area (Å²) in [4.78, 5) is 28.8. The number of ether oxygens (including phenoxy) is 1. The van der Waals surface area contributed by atoms with Crippen LogP contribution in [0.5, 0.6) is 0 Å². The average molecular weight is 419 g/mol. The summed E-state index contributed by atoms with van der Waals surface area (Å²) in [6, 6.07) is 8.76. The molecule has 2 amide bonds. The zero-order valence-electron chi connectivity index (χ0n) is 18.3. The Labute approximate surface area is 179 Å². The number of benzene rings is 1. The van der Waals surface area contributed by atoms with Gasteiger partial charge in [-0.05, 0) is 42.2 Å². The van der Waals surface area contributed by atoms with Gasteiger partial charge in [-0.15, -0.1) is 11.8 Å². The fourth-order valence-corrected chi connectivity index (χ4v) is 5.41. The highest BCUT2D eigenvalue weighted by molar-refractivity contribution is 8.01. The third-order valence-corrected chi connectivity index (χ3v) is 7.39. The van der Waals surface area contributed by atoms with Gasteiger partial charge >= 0.3 is 0 Å². The lowest BCUT2D eigenvalue weighted by Gasteiger charge is -2.35. The minimum atomic E-state index is -0.00865. The second-order valence-electron chi connectivity index (χ2n) is 9.25. The Morgan fingerprint density at radius 3 is 2.34 bits per heavy atom. The Morgan fingerprint density at radius 2 is 1.79 bits per heavy atom. The number of carbonyl (C=O) groups excluding carboxylic acids is 2. The maximum atomic E-state index is 12.9. The van der Waals surface area contributed by atoms with Crippen LogP contribution in [0.15, 0.2) is 24.3 Å². The first-order valence-corrected chi connectivity index (χ1v) is 11.5. The van der Waals surface area contributed by atoms with Crippen LogP contribution >= 0.6 is 11.8 Å². The minimum absolute atomic E-state index is 0.00865. The average Bonchev–Trinajstić information content (AvgIpc) is 2.96. The molecule has 29 heavy (non-hydrogen) atoms. The molecule has 2 heterocycles. The van der Waals surface area contributed by atoms with Gasteiger partial charge < -0.3 is 14.5 Å². The van der Waals surface area contributed by atoms with Crippen LogP contribution < -0.4 is 0 Å². The lowest BCUT2D eigenvalue weighted by Crippen LogP contribution is -2.43. The molecule has 2 aliphatic rings. The van der Waals surface area contributed by atoms with Crippen molar-refractivity contribution in [2.45, 2.75) is 56.6 Å². The second kappa shape index (κ2) is 9.09. The molecule has 0 unspecified atom stereocenters. The predicted octanol–water partition coefficient (Wildman–Crippen LogP) is 3.83. The van der Waals surface area contributed by atoms with Crippen LogP contribution in [0.4, 0.5) is 0 Å². The topological polar surface area (TPSA) is 49.9 Å². The van der Waals surface area contributed by atoms with Crippen molar-refractivity contribution in [3.63, 3.8) is 0 Å². The highest BCUT2D eigenvalue weighted by atomic mass is 32.2. The highest BCUT2D eigenvalue weighted by Crippen LogP contribution is 2.44. The van der Waals surface area contributed by atoms with Crippen LogP contribution in [-0.4, -0.2) is 60.2 Å². The molecule has 0 bridgehead atoms. The molecule has 2 saturated heterocycles. The van der Waals surface area contributed by atoms with Crippen molar-refractivity contribution in [2.75, 3.05) is 33.4 Å². The Bertz CT molecular complexity index is 721. The molecule has 0 aliphatic carbocycles. The van der Waals surface area contributed by atoms with E-state index in [9.17, 15) is 9.59 Å². The SMILES string of the molecule is COCC(=O)N1CCC(CN2C(=O)[C@H](C)S[C@H]2c2ccc(C(C)(C)C)cc2)CC1. The monoisotopic (exact) mass is 418 g/mol. The van der Waals surface area contributed by atoms with Gasteiger partial charge in [0.1, 0.15) is 12.0 Å². The molecule has 6 heteroatoms. The van der Waals surface area contributed by atoms with E-state index in [2.05, 4.69) is 49.9 Å². The molecule has 2 aliphatic heterocycles. The number of piperidine rings is 1. The zero-order valence-corrected chi connectivity index (χ0v) is 19.1. The molecule has 2 atom stereocenters. The largest absolute Gasteiger partial charge is 0.375 e. The summed E-state index contributed by atoms with van der Waals surface area (Å²) >= 11 is 1.74. The summed E-state index contributed by atoms with van der Waals surface area (Å²) in [6.07, 6.45) is 1.88. The molecular formula is C23H34N2O3S. The summed E-state index contributed by atoms with van der Waals surface area (Å²) in [5, 5.41) is 0.0744. The van der Waals surface area contributed by atoms with E-state index in [0.717, 1.165) is 32.5 Å². The number of likely N-dealkylation sites (tertiary alicyclic amines) is 1. The number of thioether (sulfide) groups is 1. The van der Waals surface area contributed by atoms with E-state index < -0.39 is 0 Å². The smallest absolute Gasteiger partial charge is 0.248 e. The fraction of sp³-hybridized carbons (Fsp3) is 0.652. The standard InChI is InChI=1S/C23H34N2O3S/c1-16-21(27)25(14-17-10-12-24(13-11-17)20(26)15-28-5)22(29-16)18-6-8-19(9-7-18)23(2,3)4/h6-9,16-17,22H,10-15H2,1-5H3/t16-,22-/m0/s1. The third kappa shape index (κ3) is 5.15. The van der Waals surface area contributed by atoms with Gasteiger partial charge in [-0.25, -0.2) is 0 Å². The maximum Gasteiger partial charge on any atom is 0.248 e. The van der Waals surface area contributed by atoms with E-state index in [0.29, 0.717) is 5.92 Å². The van der Waals surface area contributed by atoms with Crippen molar-refractivity contribution in [1.82, 2.24) is 9.80 Å². The fourth-order valence-electron chi connectivity index (χ4n) is 4.12. The van der Waals surface area contributed by atoms with Gasteiger partial charge in [0, 0.05) is 26.7 Å². The molecule has 0 aromatic heterocycles. The lowest BCUT2D eigenvalue weighted by atomic mass is 9.86. The van der Waals surface area contributed by atoms with Crippen LogP contribution in [0.1, 0.15) is 57.0 Å². The van der Waals surface area contributed by atoms with Gasteiger partial charge in [-0.2, -0.15) is 0 Å². The van der Waals surface area contributed by atoms with E-state index in [1.54, 1.807) is 18.9 Å². The van der Waals surface area contributed by atoms with E-state index in [-0.39, 0.29) is 34.5 Å². The number of hydrogen-bond acceptors (Lipinski definition) is 4. The van der Waals surface area contributed by atoms with Gasteiger partial charge in [0.05, 0.1) is 5.25 Å². The second-order valence-corrected chi connectivity index (χ2v) is 10.7. The minimum Gasteiger partial charge on any atom is -0.375 e. The molecule has 0 radical (unpaired) electrons. The predicted molar refractivity (Wildman–Crippen MR) is 118 cm³/mol. The molecule has 1 aromatic carbocycles. The normalized spacial score (nSPS) is 23.7. The summed E-state index contributed by atoms with van der Waals surface area (Å²) in [5.74, 6) is 0.731. The number of hydrogen-bond donors (Lipinski definition) is 0. The third-order valence-electron chi connectivity index (χ3n) is 6.00. The zero-order chi connectivity index (χ0) is 21.2. The Morgan fingerprint density at radius 1 is 1.17 bits per heavy atom. The summed E-state index contributed by atoms with van der Waals surface area (Å²) in [5.41, 5.74) is 2.63. The van der Waals surface area contributed by atoms with Gasteiger partial charge in [0.25, 0.3) is 0 Å². The van der Waals surface area contributed by atoms with E-state index in [4.69, 9.17) is 4.74 Å². The van der Waals surface area contributed by atoms with Crippen molar-refractivity contribution in [1.29, 1.82) is 0 Å². The van der Waals surface area contributed by atoms with Crippen molar-refractivity contribution >= 4 is 23.6 Å². The van der Waals surface area contributed by atoms with Gasteiger partial charge in [0.15, 0.2) is 0 Å². The maximum absolute atomic E-state index is 12.9. The van der Waals surface area contributed by atoms with Crippen molar-refractivity contribution in [2.24, 2.45) is 5.92 Å². The molecule has 5 nitrogen and oxygen atoms in total. The summed E-state index contributed by atoms with van der Waals surface area (Å²) in [7, 11) is 1.55. The molecule has 160 valence electrons. The molecule has 0 spiro atoms. The van der Waals surface area contributed by atoms with Gasteiger partial charge in [-0.3, -0.25) is 9.59 Å². The molecular weight excluding hydrogens is 384 g/mol. The molecule has 2 fully saturated rings. The number of methoxy groups -OCH3 is 1. The Kier molecular flexibility index (Phi) is 6.94. The number of rotatable bonds is 5. The molecule has 0 saturated carbocycles. The van der Waals surface area contributed by atoms with E-state index >= 15 is 0 Å². The quantitative estimate of drug-likeness (QED) is 0.729. The van der Waals surface area contributed by atoms with Crippen molar-refractivity contribution in [3.8, 4) is 0 Å². The molecule has 0 N–H and O–H groups in total. The van der Waals surface area contributed by atoms with Crippen LogP contribution in [0.2, 0.25) is 0 Å². The summed E-state index contributed by atoms with van der Waals surface area (Å²) in [6.45, 7) is 11.1. The van der Waals surface area contributed by atoms with Crippen LogP contribution in [0.3, 0.4) is 0 Å². The Hall–Kier alpha value is -1.53. The highest BCUT2D eigenvalue weighted by Gasteiger charge is 2.40. The van der Waals surface area contributed by atoms with E-state index in [1.165, 1.54) is 11.1 Å². The van der Waals surface area contributed by atoms with E-state index in [1.807, 2.05) is 11.8 Å². The molecule has 3 rings (SSSR count). The van der Waals surface area contributed by atoms with Crippen molar-refractivity contribution < 1.29 is 14.3 Å². The Balaban J connectivity index is 1.66. The number of nitrogens with zero attached hydrogens (tertiary/aromatic N) is 2. The first-order valence-electron chi connectivity index (χ1n) is 10.5. The van der Waals surface area contributed by atoms with Gasteiger partial charge in [-0.1, -0.05) is 45.0 Å². The van der Waals surface area contributed by atoms with Gasteiger partial charge in [0.2, 0.25) is 11.8 Å². The number of amides is 2. The first-order chi connectivity index (χ1) is 13.7. The van der Waals surface area contributed by atoms with Crippen molar-refractivity contribution in [3.05, 3.63) is 35.4 Å². The van der Waals surface area contributed by atoms with Crippen LogP contribution in [0, 0.1) is 5.92 Å². The summed E-state index contributed by atoms with van der Waals surface area (Å²) < 4.78 is 4.96. The number of carbonyl (C=O) groups is 2. The lowest BCUT2D eigenvalue weighted by molar-refractivity contribution is -0.137. The van der Waals surface area contributed by atoms with Crippen LogP contribution in [0.25, 0.3) is 0 Å².